The summed E-state index contributed by atoms with van der Waals surface area (Å²) in [5.41, 5.74) is 1.16. The van der Waals surface area contributed by atoms with E-state index in [9.17, 15) is 18.0 Å². The van der Waals surface area contributed by atoms with Crippen LogP contribution in [0.3, 0.4) is 0 Å². The van der Waals surface area contributed by atoms with E-state index in [2.05, 4.69) is 15.1 Å². The van der Waals surface area contributed by atoms with Gasteiger partial charge in [-0.25, -0.2) is 14.6 Å². The first-order chi connectivity index (χ1) is 15.7. The second-order valence-electron chi connectivity index (χ2n) is 9.03. The van der Waals surface area contributed by atoms with Crippen molar-refractivity contribution in [2.45, 2.75) is 25.6 Å². The van der Waals surface area contributed by atoms with Crippen LogP contribution in [0.25, 0.3) is 11.2 Å². The van der Waals surface area contributed by atoms with Crippen LogP contribution in [0.1, 0.15) is 23.9 Å². The molecule has 0 aromatic carbocycles. The number of hydrogen-bond donors (Lipinski definition) is 0. The normalized spacial score (nSPS) is 20.5. The third kappa shape index (κ3) is 3.23. The van der Waals surface area contributed by atoms with Gasteiger partial charge in [0.25, 0.3) is 0 Å². The number of alkyl halides is 3. The average molecular weight is 459 g/mol. The summed E-state index contributed by atoms with van der Waals surface area (Å²) in [5.74, 6) is 0.512. The molecule has 6 heterocycles. The molecule has 0 radical (unpaired) electrons. The fourth-order valence-electron chi connectivity index (χ4n) is 4.82. The number of nitrogens with zero attached hydrogens (tertiary/aromatic N) is 7. The van der Waals surface area contributed by atoms with Crippen molar-refractivity contribution in [2.24, 2.45) is 5.41 Å². The zero-order valence-electron chi connectivity index (χ0n) is 17.7. The Morgan fingerprint density at radius 1 is 1.18 bits per heavy atom. The molecule has 172 valence electrons. The van der Waals surface area contributed by atoms with Gasteiger partial charge in [-0.1, -0.05) is 0 Å². The van der Waals surface area contributed by atoms with Crippen molar-refractivity contribution in [1.29, 1.82) is 0 Å². The molecule has 1 amide bonds. The number of ether oxygens (including phenoxy) is 1. The van der Waals surface area contributed by atoms with Crippen LogP contribution < -0.4 is 9.80 Å². The molecule has 0 atom stereocenters. The lowest BCUT2D eigenvalue weighted by atomic mass is 9.79. The van der Waals surface area contributed by atoms with Crippen molar-refractivity contribution in [3.8, 4) is 0 Å². The van der Waals surface area contributed by atoms with Crippen LogP contribution in [0.2, 0.25) is 0 Å². The Morgan fingerprint density at radius 2 is 1.97 bits per heavy atom. The molecular formula is C21H20F3N7O2. The number of aromatic nitrogens is 5. The van der Waals surface area contributed by atoms with E-state index in [0.717, 1.165) is 23.5 Å². The number of carbonyl (C=O) groups excluding carboxylic acids is 1. The molecule has 0 unspecified atom stereocenters. The highest BCUT2D eigenvalue weighted by Gasteiger charge is 2.52. The lowest BCUT2D eigenvalue weighted by Gasteiger charge is -2.48. The third-order valence-corrected chi connectivity index (χ3v) is 6.57. The first-order valence-electron chi connectivity index (χ1n) is 10.6. The van der Waals surface area contributed by atoms with Crippen LogP contribution in [0, 0.1) is 12.3 Å². The summed E-state index contributed by atoms with van der Waals surface area (Å²) in [6, 6.07) is 2.52. The molecular weight excluding hydrogens is 439 g/mol. The Labute approximate surface area is 186 Å². The first kappa shape index (κ1) is 20.3. The predicted octanol–water partition coefficient (Wildman–Crippen LogP) is 2.36. The summed E-state index contributed by atoms with van der Waals surface area (Å²) in [6.45, 7) is 4.59. The quantitative estimate of drug-likeness (QED) is 0.594. The van der Waals surface area contributed by atoms with Gasteiger partial charge in [0.15, 0.2) is 5.65 Å². The van der Waals surface area contributed by atoms with E-state index in [1.807, 2.05) is 16.5 Å². The van der Waals surface area contributed by atoms with E-state index in [-0.39, 0.29) is 29.5 Å². The van der Waals surface area contributed by atoms with E-state index in [0.29, 0.717) is 44.3 Å². The van der Waals surface area contributed by atoms with Gasteiger partial charge in [-0.2, -0.15) is 18.3 Å². The fourth-order valence-corrected chi connectivity index (χ4v) is 4.82. The molecule has 33 heavy (non-hydrogen) atoms. The van der Waals surface area contributed by atoms with Gasteiger partial charge in [0, 0.05) is 43.4 Å². The van der Waals surface area contributed by atoms with E-state index in [1.54, 1.807) is 6.20 Å². The van der Waals surface area contributed by atoms with Gasteiger partial charge < -0.3 is 14.5 Å². The molecule has 3 saturated heterocycles. The van der Waals surface area contributed by atoms with Crippen molar-refractivity contribution >= 4 is 28.6 Å². The first-order valence-corrected chi connectivity index (χ1v) is 10.6. The van der Waals surface area contributed by atoms with Crippen LogP contribution in [0.15, 0.2) is 24.5 Å². The van der Waals surface area contributed by atoms with Gasteiger partial charge in [0.1, 0.15) is 23.1 Å². The molecule has 3 fully saturated rings. The topological polar surface area (TPSA) is 89.3 Å². The number of rotatable bonds is 3. The Balaban J connectivity index is 1.21. The second kappa shape index (κ2) is 6.86. The van der Waals surface area contributed by atoms with Crippen LogP contribution in [-0.2, 0) is 15.7 Å². The SMILES string of the molecule is Cc1nn(C2COC2)c2nc(N3CC4(CC(=O)N(c5ccnc(C(F)(F)F)c5)C4)C3)cnc12. The zero-order valence-corrected chi connectivity index (χ0v) is 17.7. The molecule has 6 rings (SSSR count). The highest BCUT2D eigenvalue weighted by Crippen LogP contribution is 2.44. The van der Waals surface area contributed by atoms with Crippen LogP contribution in [-0.4, -0.2) is 63.5 Å². The summed E-state index contributed by atoms with van der Waals surface area (Å²) in [6.07, 6.45) is -1.48. The Kier molecular flexibility index (Phi) is 4.23. The smallest absolute Gasteiger partial charge is 0.377 e. The molecule has 3 aliphatic rings. The Morgan fingerprint density at radius 3 is 2.67 bits per heavy atom. The molecule has 1 spiro atoms. The molecule has 3 aromatic heterocycles. The molecule has 3 aromatic rings. The van der Waals surface area contributed by atoms with Gasteiger partial charge in [0.2, 0.25) is 5.91 Å². The highest BCUT2D eigenvalue weighted by molar-refractivity contribution is 5.97. The summed E-state index contributed by atoms with van der Waals surface area (Å²) >= 11 is 0. The number of halogens is 3. The number of pyridine rings is 1. The van der Waals surface area contributed by atoms with Gasteiger partial charge in [-0.05, 0) is 19.1 Å². The van der Waals surface area contributed by atoms with E-state index >= 15 is 0 Å². The lowest BCUT2D eigenvalue weighted by Crippen LogP contribution is -2.58. The number of anilines is 2. The van der Waals surface area contributed by atoms with Crippen LogP contribution >= 0.6 is 0 Å². The third-order valence-electron chi connectivity index (χ3n) is 6.57. The summed E-state index contributed by atoms with van der Waals surface area (Å²) in [4.78, 5) is 28.9. The summed E-state index contributed by atoms with van der Waals surface area (Å²) in [5, 5.41) is 4.56. The maximum absolute atomic E-state index is 13.0. The van der Waals surface area contributed by atoms with Crippen LogP contribution in [0.5, 0.6) is 0 Å². The lowest BCUT2D eigenvalue weighted by molar-refractivity contribution is -0.141. The molecule has 0 saturated carbocycles. The van der Waals surface area contributed by atoms with Gasteiger partial charge >= 0.3 is 6.18 Å². The molecule has 0 bridgehead atoms. The molecule has 12 heteroatoms. The fraction of sp³-hybridized carbons (Fsp3) is 0.476. The van der Waals surface area contributed by atoms with E-state index in [4.69, 9.17) is 9.72 Å². The second-order valence-corrected chi connectivity index (χ2v) is 9.03. The molecule has 3 aliphatic heterocycles. The number of hydrogen-bond acceptors (Lipinski definition) is 7. The summed E-state index contributed by atoms with van der Waals surface area (Å²) in [7, 11) is 0. The van der Waals surface area contributed by atoms with Gasteiger partial charge in [0.05, 0.1) is 25.1 Å². The number of carbonyl (C=O) groups is 1. The Bertz CT molecular complexity index is 1260. The number of aryl methyl sites for hydroxylation is 1. The minimum Gasteiger partial charge on any atom is -0.377 e. The van der Waals surface area contributed by atoms with Crippen LogP contribution in [0.4, 0.5) is 24.7 Å². The highest BCUT2D eigenvalue weighted by atomic mass is 19.4. The minimum absolute atomic E-state index is 0.149. The van der Waals surface area contributed by atoms with Crippen molar-refractivity contribution in [1.82, 2.24) is 24.7 Å². The molecule has 0 aliphatic carbocycles. The number of fused-ring (bicyclic) bond motifs is 1. The monoisotopic (exact) mass is 459 g/mol. The molecule has 9 nitrogen and oxygen atoms in total. The molecule has 0 N–H and O–H groups in total. The van der Waals surface area contributed by atoms with E-state index < -0.39 is 11.9 Å². The maximum Gasteiger partial charge on any atom is 0.433 e. The van der Waals surface area contributed by atoms with Crippen molar-refractivity contribution < 1.29 is 22.7 Å². The van der Waals surface area contributed by atoms with Crippen molar-refractivity contribution in [3.05, 3.63) is 35.9 Å². The van der Waals surface area contributed by atoms with E-state index in [1.165, 1.54) is 11.0 Å². The van der Waals surface area contributed by atoms with Gasteiger partial charge in [-0.15, -0.1) is 0 Å². The maximum atomic E-state index is 13.0. The number of amides is 1. The average Bonchev–Trinajstić information content (AvgIpc) is 3.23. The largest absolute Gasteiger partial charge is 0.433 e. The standard InChI is InChI=1S/C21H20F3N7O2/c1-12-18-19(31(28-12)14-7-33-8-14)27-16(6-26-18)29-9-20(10-29)5-17(32)30(11-20)13-2-3-25-15(4-13)21(22,23)24/h2-4,6,14H,5,7-11H2,1H3. The van der Waals surface area contributed by atoms with Crippen molar-refractivity contribution in [2.75, 3.05) is 42.6 Å². The summed E-state index contributed by atoms with van der Waals surface area (Å²) < 4.78 is 46.3. The zero-order chi connectivity index (χ0) is 23.0. The van der Waals surface area contributed by atoms with Crippen molar-refractivity contribution in [3.63, 3.8) is 0 Å². The predicted molar refractivity (Wildman–Crippen MR) is 111 cm³/mol. The minimum atomic E-state index is -4.56. The van der Waals surface area contributed by atoms with Gasteiger partial charge in [-0.3, -0.25) is 9.78 Å². The Hall–Kier alpha value is -3.28.